The number of hydroxylamine groups is 1. The maximum atomic E-state index is 11.0. The zero-order chi connectivity index (χ0) is 8.27. The number of thiophene rings is 1. The lowest BCUT2D eigenvalue weighted by Crippen LogP contribution is -2.20. The molecule has 0 aromatic carbocycles. The number of aryl methyl sites for hydroxylation is 1. The van der Waals surface area contributed by atoms with Crippen molar-refractivity contribution >= 4 is 17.2 Å². The van der Waals surface area contributed by atoms with Gasteiger partial charge in [-0.2, -0.15) is 0 Å². The van der Waals surface area contributed by atoms with Gasteiger partial charge in [-0.1, -0.05) is 0 Å². The van der Waals surface area contributed by atoms with Crippen LogP contribution in [0.5, 0.6) is 0 Å². The Labute approximate surface area is 70.4 Å². The van der Waals surface area contributed by atoms with Crippen molar-refractivity contribution in [2.45, 2.75) is 6.92 Å². The molecule has 1 N–H and O–H groups in total. The van der Waals surface area contributed by atoms with Crippen LogP contribution in [-0.2, 0) is 4.84 Å². The summed E-state index contributed by atoms with van der Waals surface area (Å²) in [5, 5.41) is 1.80. The van der Waals surface area contributed by atoms with Gasteiger partial charge in [0.15, 0.2) is 0 Å². The van der Waals surface area contributed by atoms with Crippen LogP contribution in [0.1, 0.15) is 16.7 Å². The summed E-state index contributed by atoms with van der Waals surface area (Å²) in [7, 11) is 1.41. The van der Waals surface area contributed by atoms with Gasteiger partial charge in [0.05, 0.1) is 12.7 Å². The molecule has 0 saturated heterocycles. The van der Waals surface area contributed by atoms with Gasteiger partial charge >= 0.3 is 0 Å². The third-order valence-electron chi connectivity index (χ3n) is 1.19. The number of carbonyl (C=O) groups excluding carboxylic acids is 1. The maximum absolute atomic E-state index is 11.0. The normalized spacial score (nSPS) is 9.64. The topological polar surface area (TPSA) is 38.3 Å². The molecular formula is C7H11NO2S. The second-order valence-electron chi connectivity index (χ2n) is 2.08. The summed E-state index contributed by atoms with van der Waals surface area (Å²) >= 11 is 1.54. The molecule has 1 aromatic heterocycles. The number of rotatable bonds is 2. The highest BCUT2D eigenvalue weighted by Crippen LogP contribution is 2.12. The smallest absolute Gasteiger partial charge is 0.275 e. The summed E-state index contributed by atoms with van der Waals surface area (Å²) in [6.07, 6.45) is 0. The molecule has 0 saturated carbocycles. The van der Waals surface area contributed by atoms with Crippen molar-refractivity contribution in [2.75, 3.05) is 7.11 Å². The first kappa shape index (κ1) is 8.23. The molecule has 11 heavy (non-hydrogen) atoms. The van der Waals surface area contributed by atoms with Crippen molar-refractivity contribution in [3.63, 3.8) is 0 Å². The van der Waals surface area contributed by atoms with Crippen LogP contribution in [0.25, 0.3) is 0 Å². The van der Waals surface area contributed by atoms with Crippen molar-refractivity contribution < 1.29 is 11.1 Å². The van der Waals surface area contributed by atoms with E-state index >= 15 is 0 Å². The molecule has 3 nitrogen and oxygen atoms in total. The molecule has 1 heterocycles. The second kappa shape index (κ2) is 3.50. The van der Waals surface area contributed by atoms with Crippen LogP contribution < -0.4 is 5.48 Å². The van der Waals surface area contributed by atoms with Crippen molar-refractivity contribution in [1.29, 1.82) is 0 Å². The fraction of sp³-hybridized carbons (Fsp3) is 0.286. The van der Waals surface area contributed by atoms with Crippen LogP contribution in [0.2, 0.25) is 0 Å². The van der Waals surface area contributed by atoms with E-state index in [4.69, 9.17) is 0 Å². The molecule has 0 atom stereocenters. The van der Waals surface area contributed by atoms with Crippen molar-refractivity contribution in [1.82, 2.24) is 5.48 Å². The van der Waals surface area contributed by atoms with Crippen LogP contribution in [0, 0.1) is 6.92 Å². The Balaban J connectivity index is 0.00000121. The third kappa shape index (κ3) is 2.03. The molecule has 0 fully saturated rings. The number of carbonyl (C=O) groups is 1. The Morgan fingerprint density at radius 3 is 3.00 bits per heavy atom. The Bertz CT molecular complexity index is 262. The SMILES string of the molecule is CONC(=O)c1csc(C)c1.[HH]. The average molecular weight is 173 g/mol. The minimum atomic E-state index is -0.197. The van der Waals surface area contributed by atoms with Crippen LogP contribution in [0.3, 0.4) is 0 Å². The molecule has 4 heteroatoms. The summed E-state index contributed by atoms with van der Waals surface area (Å²) in [5.41, 5.74) is 2.89. The van der Waals surface area contributed by atoms with E-state index in [1.54, 1.807) is 16.7 Å². The van der Waals surface area contributed by atoms with E-state index in [2.05, 4.69) is 10.3 Å². The third-order valence-corrected chi connectivity index (χ3v) is 2.05. The fourth-order valence-corrected chi connectivity index (χ4v) is 1.40. The fourth-order valence-electron chi connectivity index (χ4n) is 0.714. The lowest BCUT2D eigenvalue weighted by molar-refractivity contribution is 0.0538. The molecule has 62 valence electrons. The van der Waals surface area contributed by atoms with Crippen LogP contribution in [-0.4, -0.2) is 13.0 Å². The first-order chi connectivity index (χ1) is 5.24. The molecule has 0 bridgehead atoms. The Morgan fingerprint density at radius 1 is 1.82 bits per heavy atom. The van der Waals surface area contributed by atoms with Crippen LogP contribution in [0.4, 0.5) is 0 Å². The Hall–Kier alpha value is -0.870. The lowest BCUT2D eigenvalue weighted by Gasteiger charge is -1.96. The zero-order valence-electron chi connectivity index (χ0n) is 6.38. The predicted molar refractivity (Wildman–Crippen MR) is 45.6 cm³/mol. The highest BCUT2D eigenvalue weighted by atomic mass is 32.1. The average Bonchev–Trinajstić information content (AvgIpc) is 2.36. The summed E-state index contributed by atoms with van der Waals surface area (Å²) in [6, 6.07) is 1.82. The number of nitrogens with one attached hydrogen (secondary N) is 1. The van der Waals surface area contributed by atoms with E-state index in [0.29, 0.717) is 5.56 Å². The van der Waals surface area contributed by atoms with E-state index < -0.39 is 0 Å². The summed E-state index contributed by atoms with van der Waals surface area (Å²) in [5.74, 6) is -0.197. The van der Waals surface area contributed by atoms with E-state index in [-0.39, 0.29) is 7.33 Å². The van der Waals surface area contributed by atoms with E-state index in [0.717, 1.165) is 4.88 Å². The highest BCUT2D eigenvalue weighted by Gasteiger charge is 2.05. The van der Waals surface area contributed by atoms with Crippen molar-refractivity contribution in [2.24, 2.45) is 0 Å². The van der Waals surface area contributed by atoms with E-state index in [1.807, 2.05) is 13.0 Å². The molecule has 1 rings (SSSR count). The standard InChI is InChI=1S/C7H9NO2S.H2/c1-5-3-6(4-11-5)7(9)8-10-2;/h3-4H,1-2H3,(H,8,9);1H. The molecular weight excluding hydrogens is 162 g/mol. The van der Waals surface area contributed by atoms with Gasteiger partial charge in [-0.05, 0) is 13.0 Å². The molecule has 0 aliphatic heterocycles. The van der Waals surface area contributed by atoms with Gasteiger partial charge in [-0.25, -0.2) is 5.48 Å². The Morgan fingerprint density at radius 2 is 2.55 bits per heavy atom. The summed E-state index contributed by atoms with van der Waals surface area (Å²) in [6.45, 7) is 1.95. The number of hydrogen-bond acceptors (Lipinski definition) is 3. The van der Waals surface area contributed by atoms with Gasteiger partial charge in [-0.3, -0.25) is 9.63 Å². The summed E-state index contributed by atoms with van der Waals surface area (Å²) in [4.78, 5) is 16.6. The monoisotopic (exact) mass is 173 g/mol. The molecule has 0 aliphatic rings. The number of amides is 1. The van der Waals surface area contributed by atoms with Gasteiger partial charge in [0.25, 0.3) is 5.91 Å². The highest BCUT2D eigenvalue weighted by molar-refractivity contribution is 7.10. The first-order valence-corrected chi connectivity index (χ1v) is 4.00. The zero-order valence-corrected chi connectivity index (χ0v) is 7.20. The predicted octanol–water partition coefficient (Wildman–Crippen LogP) is 1.59. The minimum Gasteiger partial charge on any atom is -0.277 e. The number of hydrogen-bond donors (Lipinski definition) is 1. The van der Waals surface area contributed by atoms with Crippen molar-refractivity contribution in [3.8, 4) is 0 Å². The maximum Gasteiger partial charge on any atom is 0.275 e. The summed E-state index contributed by atoms with van der Waals surface area (Å²) < 4.78 is 0. The van der Waals surface area contributed by atoms with Crippen molar-refractivity contribution in [3.05, 3.63) is 21.9 Å². The van der Waals surface area contributed by atoms with Gasteiger partial charge in [-0.15, -0.1) is 11.3 Å². The molecule has 0 spiro atoms. The molecule has 1 aromatic rings. The molecule has 0 unspecified atom stereocenters. The lowest BCUT2D eigenvalue weighted by atomic mass is 10.3. The van der Waals surface area contributed by atoms with Gasteiger partial charge in [0.1, 0.15) is 0 Å². The van der Waals surface area contributed by atoms with Crippen LogP contribution >= 0.6 is 11.3 Å². The molecule has 0 aliphatic carbocycles. The van der Waals surface area contributed by atoms with Crippen LogP contribution in [0.15, 0.2) is 11.4 Å². The first-order valence-electron chi connectivity index (χ1n) is 3.12. The van der Waals surface area contributed by atoms with Gasteiger partial charge < -0.3 is 0 Å². The molecule has 0 radical (unpaired) electrons. The van der Waals surface area contributed by atoms with Gasteiger partial charge in [0.2, 0.25) is 0 Å². The quantitative estimate of drug-likeness (QED) is 0.690. The molecule has 1 amide bonds. The van der Waals surface area contributed by atoms with Gasteiger partial charge in [0, 0.05) is 11.7 Å². The Kier molecular flexibility index (Phi) is 2.62. The minimum absolute atomic E-state index is 0. The van der Waals surface area contributed by atoms with E-state index in [9.17, 15) is 4.79 Å². The van der Waals surface area contributed by atoms with E-state index in [1.165, 1.54) is 7.11 Å². The largest absolute Gasteiger partial charge is 0.277 e. The second-order valence-corrected chi connectivity index (χ2v) is 3.20.